The summed E-state index contributed by atoms with van der Waals surface area (Å²) in [6.07, 6.45) is -13.1. The normalized spacial score (nSPS) is 17.5. The van der Waals surface area contributed by atoms with Crippen LogP contribution in [0, 0.1) is 39.7 Å². The number of methoxy groups -OCH3 is 2. The lowest BCUT2D eigenvalue weighted by Gasteiger charge is -2.63. The summed E-state index contributed by atoms with van der Waals surface area (Å²) < 4.78 is 158. The molecule has 3 aromatic rings. The maximum absolute atomic E-state index is 15.9. The first kappa shape index (κ1) is 62.0. The highest BCUT2D eigenvalue weighted by Crippen LogP contribution is 2.44. The molecule has 3 saturated heterocycles. The smallest absolute Gasteiger partial charge is 0.407 e. The van der Waals surface area contributed by atoms with Gasteiger partial charge < -0.3 is 45.9 Å². The number of rotatable bonds is 20. The molecule has 0 unspecified atom stereocenters. The number of alkyl halides is 8. The SMILES string of the molecule is COC(=O)N[C@H](C(=O)N[C@@H](Cc1ccc(C#Cc2ccc(N3CC4(C3)CN(C3COC3)C4)nc2)cc1)[C@@H](O)CN(Cc1c(F)cc(/C(N)=C/C=N/C(F)F)cc1F)NC(=O)[C@@H](NC(=O)OC)C(C)(C)C(F)(F)F)C(C)(C)C(F)(F)F. The number of hydrogen-bond donors (Lipinski definition) is 6. The Labute approximate surface area is 453 Å². The van der Waals surface area contributed by atoms with Gasteiger partial charge in [-0.1, -0.05) is 24.0 Å². The lowest BCUT2D eigenvalue weighted by molar-refractivity contribution is -0.221. The molecule has 1 spiro atoms. The van der Waals surface area contributed by atoms with Crippen molar-refractivity contribution in [1.82, 2.24) is 36.3 Å². The number of ether oxygens (including phenoxy) is 3. The number of likely N-dealkylation sites (tertiary alicyclic amines) is 1. The molecule has 2 aromatic carbocycles. The third kappa shape index (κ3) is 15.0. The molecule has 1 aromatic heterocycles. The Morgan fingerprint density at radius 3 is 1.88 bits per heavy atom. The lowest BCUT2D eigenvalue weighted by Crippen LogP contribution is -2.75. The fourth-order valence-electron chi connectivity index (χ4n) is 8.90. The number of pyridine rings is 1. The van der Waals surface area contributed by atoms with Crippen molar-refractivity contribution in [3.8, 4) is 11.8 Å². The average Bonchev–Trinajstić information content (AvgIpc) is 3.34. The van der Waals surface area contributed by atoms with E-state index >= 15 is 8.78 Å². The molecule has 18 nitrogen and oxygen atoms in total. The summed E-state index contributed by atoms with van der Waals surface area (Å²) in [5, 5.41) is 18.4. The number of amides is 4. The first-order valence-electron chi connectivity index (χ1n) is 24.6. The van der Waals surface area contributed by atoms with Gasteiger partial charge in [0.25, 0.3) is 5.91 Å². The van der Waals surface area contributed by atoms with E-state index in [1.807, 2.05) is 22.9 Å². The second kappa shape index (κ2) is 25.1. The number of hydrazine groups is 1. The van der Waals surface area contributed by atoms with Crippen LogP contribution in [0.15, 0.2) is 65.8 Å². The molecule has 6 rings (SSSR count). The fourth-order valence-corrected chi connectivity index (χ4v) is 8.90. The fraction of sp³-hybridized carbons (Fsp3) is 0.500. The van der Waals surface area contributed by atoms with Crippen molar-refractivity contribution in [2.24, 2.45) is 27.0 Å². The molecular weight excluding hydrogens is 1080 g/mol. The number of aliphatic hydroxyl groups is 1. The topological polar surface area (TPSA) is 225 Å². The minimum Gasteiger partial charge on any atom is -0.453 e. The molecule has 0 saturated carbocycles. The Morgan fingerprint density at radius 2 is 1.39 bits per heavy atom. The first-order valence-corrected chi connectivity index (χ1v) is 24.6. The Hall–Kier alpha value is -7.22. The second-order valence-electron chi connectivity index (χ2n) is 20.7. The molecule has 80 heavy (non-hydrogen) atoms. The van der Waals surface area contributed by atoms with Gasteiger partial charge in [-0.3, -0.25) is 19.9 Å². The second-order valence-corrected chi connectivity index (χ2v) is 20.7. The molecule has 7 N–H and O–H groups in total. The molecule has 0 bridgehead atoms. The van der Waals surface area contributed by atoms with Crippen LogP contribution in [-0.4, -0.2) is 160 Å². The Morgan fingerprint density at radius 1 is 0.850 bits per heavy atom. The number of benzene rings is 2. The predicted molar refractivity (Wildman–Crippen MR) is 269 cm³/mol. The summed E-state index contributed by atoms with van der Waals surface area (Å²) in [5.41, 5.74) is 1.39. The minimum absolute atomic E-state index is 0.250. The molecule has 4 heterocycles. The van der Waals surface area contributed by atoms with Crippen molar-refractivity contribution in [2.75, 3.05) is 65.1 Å². The maximum atomic E-state index is 15.9. The molecule has 4 atom stereocenters. The summed E-state index contributed by atoms with van der Waals surface area (Å²) in [6.45, 7) is 2.13. The Bertz CT molecular complexity index is 2800. The number of halogens is 10. The highest BCUT2D eigenvalue weighted by Gasteiger charge is 2.58. The van der Waals surface area contributed by atoms with Crippen LogP contribution >= 0.6 is 0 Å². The van der Waals surface area contributed by atoms with Crippen molar-refractivity contribution in [3.63, 3.8) is 0 Å². The number of hydrogen-bond acceptors (Lipinski definition) is 14. The zero-order valence-electron chi connectivity index (χ0n) is 44.1. The molecule has 4 amide bonds. The van der Waals surface area contributed by atoms with E-state index in [9.17, 15) is 59.4 Å². The summed E-state index contributed by atoms with van der Waals surface area (Å²) in [5.74, 6) is 0.678. The number of nitrogens with one attached hydrogen (secondary N) is 4. The number of aliphatic imine (C=N–C) groups is 1. The van der Waals surface area contributed by atoms with E-state index in [1.165, 1.54) is 24.3 Å². The largest absolute Gasteiger partial charge is 0.453 e. The number of aliphatic hydroxyl groups excluding tert-OH is 1. The predicted octanol–water partition coefficient (Wildman–Crippen LogP) is 5.42. The van der Waals surface area contributed by atoms with Crippen LogP contribution in [0.3, 0.4) is 0 Å². The number of alkyl carbamates (subject to hydrolysis) is 2. The van der Waals surface area contributed by atoms with E-state index in [-0.39, 0.29) is 11.0 Å². The molecule has 3 aliphatic rings. The molecule has 0 aliphatic carbocycles. The van der Waals surface area contributed by atoms with Gasteiger partial charge in [-0.2, -0.15) is 35.1 Å². The van der Waals surface area contributed by atoms with Crippen molar-refractivity contribution in [3.05, 3.63) is 100 Å². The molecule has 3 aliphatic heterocycles. The quantitative estimate of drug-likeness (QED) is 0.0274. The standard InChI is InChI=1S/C52H60F10N10O8/c1-48(2,51(57,58)59)41(67-46(76)78-5)43(74)66-38(17-30-10-7-29(8-11-30)9-12-31-13-14-40(65-20-31)71-27-50(28-71)25-70(26-50)33-23-80-24-33)39(73)22-72(69-44(75)42(68-47(77)79-6)49(3,4)52(60,61)62)21-34-35(53)18-32(19-36(34)54)37(63)15-16-64-45(55)56/h7-8,10-11,13-16,18-20,33,38-39,41-42,45,73H,17,21-28,63H2,1-6H3,(H,66,74)(H,67,76)(H,68,77)(H,69,75)/b37-15-,64-16+/t38-,39-,41+,42+/m0/s1. The number of carbonyl (C=O) groups is 4. The van der Waals surface area contributed by atoms with Crippen LogP contribution in [0.1, 0.15) is 55.5 Å². The minimum atomic E-state index is -5.23. The highest BCUT2D eigenvalue weighted by molar-refractivity contribution is 5.87. The van der Waals surface area contributed by atoms with Crippen LogP contribution in [0.2, 0.25) is 0 Å². The van der Waals surface area contributed by atoms with Crippen LogP contribution in [-0.2, 0) is 36.8 Å². The van der Waals surface area contributed by atoms with Crippen LogP contribution < -0.4 is 32.0 Å². The van der Waals surface area contributed by atoms with Crippen molar-refractivity contribution < 1.29 is 82.4 Å². The van der Waals surface area contributed by atoms with E-state index < -0.39 is 126 Å². The van der Waals surface area contributed by atoms with Crippen LogP contribution in [0.5, 0.6) is 0 Å². The number of nitrogens with zero attached hydrogens (tertiary/aromatic N) is 5. The molecule has 28 heteroatoms. The van der Waals surface area contributed by atoms with Gasteiger partial charge in [0.1, 0.15) is 29.5 Å². The monoisotopic (exact) mass is 1140 g/mol. The van der Waals surface area contributed by atoms with Gasteiger partial charge in [-0.15, -0.1) is 0 Å². The Kier molecular flexibility index (Phi) is 19.4. The van der Waals surface area contributed by atoms with Crippen molar-refractivity contribution in [2.45, 2.75) is 89.8 Å². The van der Waals surface area contributed by atoms with Gasteiger partial charge in [0.2, 0.25) is 5.91 Å². The van der Waals surface area contributed by atoms with E-state index in [2.05, 4.69) is 46.4 Å². The Balaban J connectivity index is 1.30. The number of nitrogens with two attached hydrogens (primary N) is 1. The van der Waals surface area contributed by atoms with Crippen LogP contribution in [0.25, 0.3) is 5.70 Å². The third-order valence-corrected chi connectivity index (χ3v) is 14.2. The van der Waals surface area contributed by atoms with Crippen molar-refractivity contribution in [1.29, 1.82) is 0 Å². The number of aromatic nitrogens is 1. The summed E-state index contributed by atoms with van der Waals surface area (Å²) >= 11 is 0. The number of carbonyl (C=O) groups excluding carboxylic acids is 4. The zero-order valence-corrected chi connectivity index (χ0v) is 44.1. The summed E-state index contributed by atoms with van der Waals surface area (Å²) in [6, 6.07) is 4.64. The van der Waals surface area contributed by atoms with Gasteiger partial charge in [-0.25, -0.2) is 33.4 Å². The zero-order chi connectivity index (χ0) is 59.1. The number of anilines is 1. The van der Waals surface area contributed by atoms with Gasteiger partial charge in [0.05, 0.1) is 56.5 Å². The van der Waals surface area contributed by atoms with E-state index in [0.717, 1.165) is 65.5 Å². The molecular formula is C52H60F10N10O8. The summed E-state index contributed by atoms with van der Waals surface area (Å²) in [7, 11) is 1.59. The van der Waals surface area contributed by atoms with Crippen molar-refractivity contribution >= 4 is 41.7 Å². The van der Waals surface area contributed by atoms with Gasteiger partial charge >= 0.3 is 31.1 Å². The number of allylic oxidation sites excluding steroid dienone is 1. The molecule has 0 radical (unpaired) electrons. The molecule has 3 fully saturated rings. The van der Waals surface area contributed by atoms with Gasteiger partial charge in [0.15, 0.2) is 0 Å². The lowest BCUT2D eigenvalue weighted by atomic mass is 9.72. The average molecular weight is 1140 g/mol. The highest BCUT2D eigenvalue weighted by atomic mass is 19.4. The maximum Gasteiger partial charge on any atom is 0.407 e. The van der Waals surface area contributed by atoms with Gasteiger partial charge in [-0.05, 0) is 82.2 Å². The third-order valence-electron chi connectivity index (χ3n) is 14.2. The van der Waals surface area contributed by atoms with Crippen LogP contribution in [0.4, 0.5) is 59.3 Å². The van der Waals surface area contributed by atoms with E-state index in [4.69, 9.17) is 10.5 Å². The molecule has 436 valence electrons. The van der Waals surface area contributed by atoms with E-state index in [0.29, 0.717) is 68.2 Å². The first-order chi connectivity index (χ1) is 37.4. The summed E-state index contributed by atoms with van der Waals surface area (Å²) in [4.78, 5) is 64.7. The van der Waals surface area contributed by atoms with Gasteiger partial charge in [0, 0.05) is 85.0 Å². The van der Waals surface area contributed by atoms with E-state index in [1.54, 1.807) is 11.5 Å².